The van der Waals surface area contributed by atoms with Gasteiger partial charge in [-0.25, -0.2) is 18.7 Å². The first-order valence-electron chi connectivity index (χ1n) is 23.8. The van der Waals surface area contributed by atoms with Crippen molar-refractivity contribution in [1.82, 2.24) is 60.0 Å². The second-order valence-electron chi connectivity index (χ2n) is 18.9. The lowest BCUT2D eigenvalue weighted by molar-refractivity contribution is -0.304. The van der Waals surface area contributed by atoms with Crippen LogP contribution in [-0.4, -0.2) is 296 Å². The van der Waals surface area contributed by atoms with Crippen LogP contribution in [0.25, 0.3) is 0 Å². The van der Waals surface area contributed by atoms with Gasteiger partial charge < -0.3 is 120 Å². The Morgan fingerprint density at radius 3 is 1.13 bits per heavy atom. The summed E-state index contributed by atoms with van der Waals surface area (Å²) in [6.07, 6.45) is -29.5. The summed E-state index contributed by atoms with van der Waals surface area (Å²) >= 11 is 0. The van der Waals surface area contributed by atoms with Gasteiger partial charge in [0, 0.05) is 0 Å². The van der Waals surface area contributed by atoms with Gasteiger partial charge in [-0.2, -0.15) is 0 Å². The molecule has 36 heteroatoms. The molecule has 0 amide bonds. The molecule has 0 unspecified atom stereocenters. The van der Waals surface area contributed by atoms with Crippen LogP contribution in [-0.2, 0) is 46.4 Å². The third kappa shape index (κ3) is 10.6. The van der Waals surface area contributed by atoms with E-state index in [-0.39, 0.29) is 36.0 Å². The van der Waals surface area contributed by atoms with E-state index in [1.54, 1.807) is 0 Å². The van der Waals surface area contributed by atoms with Gasteiger partial charge in [-0.3, -0.25) is 0 Å². The molecule has 9 heterocycles. The molecule has 4 aromatic heterocycles. The van der Waals surface area contributed by atoms with E-state index in [4.69, 9.17) is 33.2 Å². The standard InChI is InChI=1S/C40H60N12O24/c53-5-16-21(49-1-12(41-45-49)10-70-39-34(68)29(63)24(58)19(8-56)75-39)26(60)31(65)36(72-16)14-3-51(47-43-14)23-18(7-55)74-38(33(67)28(23)62)52-4-15(44-48-52)37-32(66)27(61)22(17(6-54)73-37)50-2-13(42-46-50)11-71-40-35(69)30(64)25(59)20(9-57)76-40/h1-4,16-40,53-69H,5-11H2/t16-,17-,18-,19-,20-,21-,22-,23-,24+,25+,26+,27+,28+,29+,30+,31-,32-,33-,34-,35-,36+,37+,38-,39-,40-/m1/s1. The molecule has 4 aromatic rings. The average Bonchev–Trinajstić information content (AvgIpc) is 4.28. The van der Waals surface area contributed by atoms with Crippen molar-refractivity contribution in [3.8, 4) is 0 Å². The smallest absolute Gasteiger partial charge is 0.187 e. The number of rotatable bonds is 17. The zero-order valence-electron chi connectivity index (χ0n) is 39.5. The summed E-state index contributed by atoms with van der Waals surface area (Å²) in [6, 6.07) is -3.89. The van der Waals surface area contributed by atoms with Crippen LogP contribution in [0, 0.1) is 0 Å². The van der Waals surface area contributed by atoms with E-state index in [1.165, 1.54) is 24.8 Å². The second-order valence-corrected chi connectivity index (χ2v) is 18.9. The van der Waals surface area contributed by atoms with E-state index < -0.39 is 186 Å². The quantitative estimate of drug-likeness (QED) is 0.0467. The topological polar surface area (TPSA) is 531 Å². The number of aromatic nitrogens is 12. The molecule has 5 saturated heterocycles. The Kier molecular flexibility index (Phi) is 17.4. The fourth-order valence-corrected chi connectivity index (χ4v) is 9.88. The third-order valence-corrected chi connectivity index (χ3v) is 14.1. The van der Waals surface area contributed by atoms with E-state index >= 15 is 0 Å². The van der Waals surface area contributed by atoms with Gasteiger partial charge in [-0.05, 0) is 0 Å². The molecule has 25 atom stereocenters. The number of nitrogens with zero attached hydrogens (tertiary/aromatic N) is 12. The SMILES string of the molecule is OC[C@H]1O[C@@H](OCc2cn([C@H]3[C@H](O)[C@@H](O)[C@H](c4cn([C@H]5[C@H](O)[C@@H](O)[C@H](n6cc([C@@H]7O[C@H](CO)[C@@H](n8cc(CO[C@@H]9O[C@H](CO)[C@H](O)[C@H](O)[C@H]9O)nn8)[C@H](O)[C@H]7O)nn6)O[C@@H]5CO)nn4)O[C@@H]3CO)nn2)[C@H](O)[C@@H](O)[C@H]1O. The molecule has 0 bridgehead atoms. The van der Waals surface area contributed by atoms with E-state index in [0.29, 0.717) is 0 Å². The first-order chi connectivity index (χ1) is 36.4. The molecule has 0 aliphatic carbocycles. The second kappa shape index (κ2) is 23.5. The van der Waals surface area contributed by atoms with Crippen LogP contribution in [0.3, 0.4) is 0 Å². The Bertz CT molecular complexity index is 2480. The van der Waals surface area contributed by atoms with Gasteiger partial charge >= 0.3 is 0 Å². The van der Waals surface area contributed by atoms with E-state index in [1.807, 2.05) is 0 Å². The van der Waals surface area contributed by atoms with Crippen LogP contribution < -0.4 is 0 Å². The van der Waals surface area contributed by atoms with Gasteiger partial charge in [0.05, 0.1) is 71.0 Å². The summed E-state index contributed by atoms with van der Waals surface area (Å²) < 4.78 is 43.8. The summed E-state index contributed by atoms with van der Waals surface area (Å²) in [4.78, 5) is 0. The van der Waals surface area contributed by atoms with Gasteiger partial charge in [0.25, 0.3) is 0 Å². The summed E-state index contributed by atoms with van der Waals surface area (Å²) in [5, 5.41) is 211. The normalized spacial score (nSPS) is 42.4. The molecule has 5 fully saturated rings. The average molecular weight is 1090 g/mol. The van der Waals surface area contributed by atoms with Crippen molar-refractivity contribution in [3.63, 3.8) is 0 Å². The minimum absolute atomic E-state index is 0.0920. The predicted molar refractivity (Wildman–Crippen MR) is 231 cm³/mol. The molecule has 0 spiro atoms. The van der Waals surface area contributed by atoms with Crippen molar-refractivity contribution < 1.29 is 120 Å². The number of ether oxygens (including phenoxy) is 7. The third-order valence-electron chi connectivity index (χ3n) is 14.1. The highest BCUT2D eigenvalue weighted by molar-refractivity contribution is 5.11. The Hall–Kier alpha value is -4.40. The van der Waals surface area contributed by atoms with Crippen molar-refractivity contribution in [2.24, 2.45) is 0 Å². The van der Waals surface area contributed by atoms with Gasteiger partial charge in [0.15, 0.2) is 18.8 Å². The molecular weight excluding hydrogens is 1030 g/mol. The monoisotopic (exact) mass is 1090 g/mol. The van der Waals surface area contributed by atoms with Crippen LogP contribution in [0.15, 0.2) is 24.8 Å². The van der Waals surface area contributed by atoms with Gasteiger partial charge in [-0.1, -0.05) is 20.9 Å². The van der Waals surface area contributed by atoms with Crippen LogP contribution >= 0.6 is 0 Å². The van der Waals surface area contributed by atoms with Crippen molar-refractivity contribution in [1.29, 1.82) is 0 Å². The highest BCUT2D eigenvalue weighted by Crippen LogP contribution is 2.41. The maximum Gasteiger partial charge on any atom is 0.187 e. The maximum absolute atomic E-state index is 11.5. The van der Waals surface area contributed by atoms with E-state index in [2.05, 4.69) is 41.2 Å². The number of hydrogen-bond donors (Lipinski definition) is 17. The van der Waals surface area contributed by atoms with Gasteiger partial charge in [0.2, 0.25) is 0 Å². The Labute approximate surface area is 426 Å². The first kappa shape index (κ1) is 56.3. The summed E-state index contributed by atoms with van der Waals surface area (Å²) in [7, 11) is 0. The first-order valence-corrected chi connectivity index (χ1v) is 23.8. The lowest BCUT2D eigenvalue weighted by Crippen LogP contribution is -2.59. The Balaban J connectivity index is 0.821. The molecule has 0 radical (unpaired) electrons. The highest BCUT2D eigenvalue weighted by Gasteiger charge is 2.52. The van der Waals surface area contributed by atoms with Gasteiger partial charge in [-0.15, -0.1) is 20.4 Å². The molecule has 9 rings (SSSR count). The largest absolute Gasteiger partial charge is 0.394 e. The molecule has 0 saturated carbocycles. The minimum atomic E-state index is -1.84. The molecule has 76 heavy (non-hydrogen) atoms. The molecule has 424 valence electrons. The molecule has 5 aliphatic rings. The van der Waals surface area contributed by atoms with Gasteiger partial charge in [0.1, 0.15) is 157 Å². The lowest BCUT2D eigenvalue weighted by atomic mass is 9.91. The number of aliphatic hydroxyl groups is 17. The summed E-state index contributed by atoms with van der Waals surface area (Å²) in [5.74, 6) is 0. The zero-order valence-corrected chi connectivity index (χ0v) is 39.5. The molecule has 0 aromatic carbocycles. The van der Waals surface area contributed by atoms with E-state index in [9.17, 15) is 86.8 Å². The van der Waals surface area contributed by atoms with Crippen molar-refractivity contribution in [2.45, 2.75) is 166 Å². The highest BCUT2D eigenvalue weighted by atomic mass is 16.7. The maximum atomic E-state index is 11.5. The Morgan fingerprint density at radius 1 is 0.355 bits per heavy atom. The van der Waals surface area contributed by atoms with Crippen molar-refractivity contribution in [3.05, 3.63) is 47.6 Å². The predicted octanol–water partition coefficient (Wildman–Crippen LogP) is -11.7. The van der Waals surface area contributed by atoms with Crippen LogP contribution in [0.1, 0.15) is 59.3 Å². The summed E-state index contributed by atoms with van der Waals surface area (Å²) in [6.45, 7) is -4.39. The molecule has 36 nitrogen and oxygen atoms in total. The number of hydrogen-bond acceptors (Lipinski definition) is 32. The Morgan fingerprint density at radius 2 is 0.711 bits per heavy atom. The summed E-state index contributed by atoms with van der Waals surface area (Å²) in [5.41, 5.74) is -0.0747. The molecular formula is C40H60N12O24. The lowest BCUT2D eigenvalue weighted by Gasteiger charge is -2.42. The molecule has 17 N–H and O–H groups in total. The zero-order chi connectivity index (χ0) is 54.4. The fourth-order valence-electron chi connectivity index (χ4n) is 9.88. The number of aliphatic hydroxyl groups excluding tert-OH is 17. The van der Waals surface area contributed by atoms with Crippen molar-refractivity contribution in [2.75, 3.05) is 33.0 Å². The van der Waals surface area contributed by atoms with Crippen molar-refractivity contribution >= 4 is 0 Å². The van der Waals surface area contributed by atoms with E-state index in [0.717, 1.165) is 18.7 Å². The van der Waals surface area contributed by atoms with Crippen LogP contribution in [0.2, 0.25) is 0 Å². The fraction of sp³-hybridized carbons (Fsp3) is 0.800. The van der Waals surface area contributed by atoms with Crippen LogP contribution in [0.5, 0.6) is 0 Å². The van der Waals surface area contributed by atoms with Crippen LogP contribution in [0.4, 0.5) is 0 Å². The molecule has 5 aliphatic heterocycles. The minimum Gasteiger partial charge on any atom is -0.394 e.